The third-order valence-electron chi connectivity index (χ3n) is 6.69. The SMILES string of the molecule is COc1ncnc(C2CC2)c1-c1ncnc(N(CC#CCCl)Cc2ccc(-c3nc(C(F)(F)F)cn3C(C)C)cc2)n1. The highest BCUT2D eigenvalue weighted by Gasteiger charge is 2.35. The zero-order valence-corrected chi connectivity index (χ0v) is 24.0. The van der Waals surface area contributed by atoms with Gasteiger partial charge in [-0.05, 0) is 32.3 Å². The van der Waals surface area contributed by atoms with E-state index < -0.39 is 11.9 Å². The van der Waals surface area contributed by atoms with Crippen LogP contribution in [0.15, 0.2) is 43.1 Å². The lowest BCUT2D eigenvalue weighted by molar-refractivity contribution is -0.140. The molecular formula is C29H28ClF3N8O. The van der Waals surface area contributed by atoms with Gasteiger partial charge in [0.2, 0.25) is 11.8 Å². The van der Waals surface area contributed by atoms with E-state index in [1.165, 1.54) is 17.2 Å². The molecular weight excluding hydrogens is 569 g/mol. The predicted octanol–water partition coefficient (Wildman–Crippen LogP) is 5.93. The molecule has 13 heteroatoms. The first-order valence-corrected chi connectivity index (χ1v) is 13.8. The molecule has 9 nitrogen and oxygen atoms in total. The predicted molar refractivity (Wildman–Crippen MR) is 152 cm³/mol. The summed E-state index contributed by atoms with van der Waals surface area (Å²) in [4.78, 5) is 28.1. The fourth-order valence-corrected chi connectivity index (χ4v) is 4.58. The van der Waals surface area contributed by atoms with Crippen molar-refractivity contribution in [1.82, 2.24) is 34.5 Å². The number of methoxy groups -OCH3 is 1. The van der Waals surface area contributed by atoms with Crippen molar-refractivity contribution in [3.63, 3.8) is 0 Å². The summed E-state index contributed by atoms with van der Waals surface area (Å²) in [6.07, 6.45) is 1.47. The Balaban J connectivity index is 1.45. The zero-order chi connectivity index (χ0) is 29.9. The van der Waals surface area contributed by atoms with Crippen LogP contribution in [0.4, 0.5) is 19.1 Å². The van der Waals surface area contributed by atoms with Gasteiger partial charge in [0.05, 0.1) is 25.2 Å². The molecule has 0 N–H and O–H groups in total. The summed E-state index contributed by atoms with van der Waals surface area (Å²) in [7, 11) is 1.54. The molecule has 3 aromatic heterocycles. The monoisotopic (exact) mass is 596 g/mol. The summed E-state index contributed by atoms with van der Waals surface area (Å²) < 4.78 is 47.1. The van der Waals surface area contributed by atoms with Crippen LogP contribution in [0.1, 0.15) is 55.6 Å². The molecule has 0 atom stereocenters. The highest BCUT2D eigenvalue weighted by molar-refractivity contribution is 6.19. The van der Waals surface area contributed by atoms with Gasteiger partial charge in [-0.1, -0.05) is 36.1 Å². The molecule has 1 saturated carbocycles. The maximum atomic E-state index is 13.4. The Kier molecular flexibility index (Phi) is 8.59. The van der Waals surface area contributed by atoms with Crippen LogP contribution in [0.3, 0.4) is 0 Å². The molecule has 0 aliphatic heterocycles. The van der Waals surface area contributed by atoms with E-state index in [0.717, 1.165) is 30.3 Å². The minimum Gasteiger partial charge on any atom is -0.480 e. The van der Waals surface area contributed by atoms with Crippen molar-refractivity contribution >= 4 is 17.5 Å². The first-order valence-electron chi connectivity index (χ1n) is 13.3. The molecule has 0 amide bonds. The number of hydrogen-bond donors (Lipinski definition) is 0. The topological polar surface area (TPSA) is 94.7 Å². The second-order valence-corrected chi connectivity index (χ2v) is 10.3. The van der Waals surface area contributed by atoms with E-state index in [2.05, 4.69) is 36.8 Å². The smallest absolute Gasteiger partial charge is 0.434 e. The van der Waals surface area contributed by atoms with Crippen molar-refractivity contribution in [3.05, 3.63) is 60.1 Å². The summed E-state index contributed by atoms with van der Waals surface area (Å²) in [6, 6.07) is 6.99. The second kappa shape index (κ2) is 12.3. The summed E-state index contributed by atoms with van der Waals surface area (Å²) in [5.41, 5.74) is 2.00. The quantitative estimate of drug-likeness (QED) is 0.173. The first kappa shape index (κ1) is 29.3. The van der Waals surface area contributed by atoms with Crippen molar-refractivity contribution in [1.29, 1.82) is 0 Å². The molecule has 1 fully saturated rings. The van der Waals surface area contributed by atoms with Gasteiger partial charge in [0.1, 0.15) is 24.0 Å². The van der Waals surface area contributed by atoms with E-state index in [0.29, 0.717) is 41.2 Å². The zero-order valence-electron chi connectivity index (χ0n) is 23.2. The number of nitrogens with zero attached hydrogens (tertiary/aromatic N) is 8. The molecule has 1 aliphatic rings. The Morgan fingerprint density at radius 3 is 2.43 bits per heavy atom. The minimum atomic E-state index is -4.53. The van der Waals surface area contributed by atoms with Gasteiger partial charge in [-0.2, -0.15) is 18.2 Å². The average Bonchev–Trinajstić information content (AvgIpc) is 3.72. The lowest BCUT2D eigenvalue weighted by Gasteiger charge is -2.21. The van der Waals surface area contributed by atoms with Gasteiger partial charge >= 0.3 is 6.18 Å². The van der Waals surface area contributed by atoms with Crippen LogP contribution in [0.5, 0.6) is 5.88 Å². The molecule has 0 saturated heterocycles. The fourth-order valence-electron chi connectivity index (χ4n) is 4.49. The molecule has 1 aromatic carbocycles. The highest BCUT2D eigenvalue weighted by atomic mass is 35.5. The second-order valence-electron chi connectivity index (χ2n) is 10.0. The maximum absolute atomic E-state index is 13.4. The van der Waals surface area contributed by atoms with Crippen LogP contribution < -0.4 is 9.64 Å². The Morgan fingerprint density at radius 2 is 1.79 bits per heavy atom. The van der Waals surface area contributed by atoms with Crippen LogP contribution in [-0.4, -0.2) is 54.0 Å². The summed E-state index contributed by atoms with van der Waals surface area (Å²) in [5, 5.41) is 0. The van der Waals surface area contributed by atoms with Gasteiger partial charge in [-0.25, -0.2) is 24.9 Å². The highest BCUT2D eigenvalue weighted by Crippen LogP contribution is 2.44. The average molecular weight is 597 g/mol. The van der Waals surface area contributed by atoms with Crippen molar-refractivity contribution in [3.8, 4) is 40.5 Å². The standard InChI is InChI=1S/C29H28ClF3N8O/c1-18(2)41-15-22(29(31,32)33)38-26(41)21-8-6-19(7-9-21)14-40(13-5-4-12-30)28-37-17-35-25(39-28)23-24(20-10-11-20)34-16-36-27(23)42-3/h6-9,15-18,20H,10-14H2,1-3H3. The van der Waals surface area contributed by atoms with E-state index >= 15 is 0 Å². The Labute approximate surface area is 246 Å². The van der Waals surface area contributed by atoms with E-state index in [-0.39, 0.29) is 24.3 Å². The number of alkyl halides is 4. The van der Waals surface area contributed by atoms with E-state index in [1.54, 1.807) is 19.2 Å². The number of benzene rings is 1. The van der Waals surface area contributed by atoms with Crippen molar-refractivity contribution in [2.24, 2.45) is 0 Å². The number of aromatic nitrogens is 7. The molecule has 4 aromatic rings. The summed E-state index contributed by atoms with van der Waals surface area (Å²) in [6.45, 7) is 4.27. The van der Waals surface area contributed by atoms with Gasteiger partial charge in [0, 0.05) is 30.3 Å². The Morgan fingerprint density at radius 1 is 1.05 bits per heavy atom. The Bertz CT molecular complexity index is 1610. The molecule has 218 valence electrons. The van der Waals surface area contributed by atoms with Gasteiger partial charge in [-0.15, -0.1) is 11.6 Å². The lowest BCUT2D eigenvalue weighted by Crippen LogP contribution is -2.25. The van der Waals surface area contributed by atoms with Crippen molar-refractivity contribution in [2.75, 3.05) is 24.4 Å². The van der Waals surface area contributed by atoms with Crippen molar-refractivity contribution in [2.45, 2.75) is 51.4 Å². The normalized spacial score (nSPS) is 13.1. The Hall–Kier alpha value is -4.24. The van der Waals surface area contributed by atoms with Crippen LogP contribution >= 0.6 is 11.6 Å². The number of imidazole rings is 1. The largest absolute Gasteiger partial charge is 0.480 e. The van der Waals surface area contributed by atoms with E-state index in [9.17, 15) is 13.2 Å². The summed E-state index contributed by atoms with van der Waals surface area (Å²) >= 11 is 5.78. The molecule has 0 spiro atoms. The van der Waals surface area contributed by atoms with E-state index in [1.807, 2.05) is 30.9 Å². The molecule has 0 unspecified atom stereocenters. The number of anilines is 1. The maximum Gasteiger partial charge on any atom is 0.434 e. The number of rotatable bonds is 9. The molecule has 5 rings (SSSR count). The van der Waals surface area contributed by atoms with E-state index in [4.69, 9.17) is 21.3 Å². The van der Waals surface area contributed by atoms with Crippen LogP contribution in [-0.2, 0) is 12.7 Å². The number of ether oxygens (including phenoxy) is 1. The lowest BCUT2D eigenvalue weighted by atomic mass is 10.1. The first-order chi connectivity index (χ1) is 20.2. The molecule has 42 heavy (non-hydrogen) atoms. The third-order valence-corrected chi connectivity index (χ3v) is 6.82. The summed E-state index contributed by atoms with van der Waals surface area (Å²) in [5.74, 6) is 7.78. The molecule has 0 radical (unpaired) electrons. The fraction of sp³-hybridized carbons (Fsp3) is 0.379. The number of hydrogen-bond acceptors (Lipinski definition) is 8. The molecule has 3 heterocycles. The third kappa shape index (κ3) is 6.46. The molecule has 0 bridgehead atoms. The van der Waals surface area contributed by atoms with Crippen LogP contribution in [0.2, 0.25) is 0 Å². The van der Waals surface area contributed by atoms with Gasteiger partial charge in [0.25, 0.3) is 0 Å². The van der Waals surface area contributed by atoms with Crippen LogP contribution in [0.25, 0.3) is 22.8 Å². The van der Waals surface area contributed by atoms with Gasteiger partial charge < -0.3 is 14.2 Å². The van der Waals surface area contributed by atoms with Crippen LogP contribution in [0, 0.1) is 11.8 Å². The van der Waals surface area contributed by atoms with Crippen molar-refractivity contribution < 1.29 is 17.9 Å². The van der Waals surface area contributed by atoms with Gasteiger partial charge in [0.15, 0.2) is 11.5 Å². The number of halogens is 4. The van der Waals surface area contributed by atoms with Gasteiger partial charge in [-0.3, -0.25) is 0 Å². The molecule has 1 aliphatic carbocycles. The minimum absolute atomic E-state index is 0.177.